The lowest BCUT2D eigenvalue weighted by molar-refractivity contribution is -0.121. The van der Waals surface area contributed by atoms with Crippen LogP contribution < -0.4 is 10.2 Å². The largest absolute Gasteiger partial charge is 0.378 e. The van der Waals surface area contributed by atoms with E-state index in [2.05, 4.69) is 65.9 Å². The van der Waals surface area contributed by atoms with E-state index in [1.165, 1.54) is 12.1 Å². The smallest absolute Gasteiger partial charge is 0.241 e. The number of fused-ring (bicyclic) bond motifs is 3. The van der Waals surface area contributed by atoms with Crippen molar-refractivity contribution in [2.45, 2.75) is 64.1 Å². The Balaban J connectivity index is 1.28. The normalized spacial score (nSPS) is 24.6. The third-order valence-corrected chi connectivity index (χ3v) is 9.01. The summed E-state index contributed by atoms with van der Waals surface area (Å²) < 4.78 is 21.2. The van der Waals surface area contributed by atoms with Crippen molar-refractivity contribution < 1.29 is 13.9 Å². The summed E-state index contributed by atoms with van der Waals surface area (Å²) in [5.41, 5.74) is 4.30. The van der Waals surface area contributed by atoms with E-state index in [0.29, 0.717) is 25.6 Å². The lowest BCUT2D eigenvalue weighted by atomic mass is 9.90. The van der Waals surface area contributed by atoms with Crippen LogP contribution in [0.1, 0.15) is 51.4 Å². The molecule has 2 aromatic heterocycles. The third-order valence-electron chi connectivity index (χ3n) is 9.01. The summed E-state index contributed by atoms with van der Waals surface area (Å²) in [7, 11) is 0. The molecule has 3 aromatic rings. The van der Waals surface area contributed by atoms with E-state index >= 15 is 0 Å². The number of piperazine rings is 1. The molecule has 2 fully saturated rings. The quantitative estimate of drug-likeness (QED) is 0.494. The number of carbonyl (C=O) groups is 1. The Labute approximate surface area is 241 Å². The van der Waals surface area contributed by atoms with Crippen LogP contribution >= 0.6 is 0 Å². The fourth-order valence-electron chi connectivity index (χ4n) is 6.75. The molecule has 3 aliphatic heterocycles. The predicted octanol–water partition coefficient (Wildman–Crippen LogP) is 2.86. The number of benzene rings is 1. The summed E-state index contributed by atoms with van der Waals surface area (Å²) in [4.78, 5) is 25.6. The molecule has 220 valence electrons. The van der Waals surface area contributed by atoms with Gasteiger partial charge < -0.3 is 15.0 Å². The van der Waals surface area contributed by atoms with Crippen LogP contribution in [0.2, 0.25) is 0 Å². The van der Waals surface area contributed by atoms with E-state index in [9.17, 15) is 9.18 Å². The van der Waals surface area contributed by atoms with Gasteiger partial charge in [0.15, 0.2) is 5.65 Å². The van der Waals surface area contributed by atoms with Crippen LogP contribution in [0.15, 0.2) is 36.7 Å². The van der Waals surface area contributed by atoms with Gasteiger partial charge in [-0.25, -0.2) is 13.9 Å². The first-order chi connectivity index (χ1) is 19.5. The number of rotatable bonds is 6. The Hall–Kier alpha value is -2.92. The molecule has 0 unspecified atom stereocenters. The number of hydrogen-bond donors (Lipinski definition) is 1. The van der Waals surface area contributed by atoms with Crippen molar-refractivity contribution in [3.8, 4) is 0 Å². The van der Waals surface area contributed by atoms with E-state index in [4.69, 9.17) is 4.74 Å². The van der Waals surface area contributed by atoms with Crippen LogP contribution in [-0.2, 0) is 21.4 Å². The van der Waals surface area contributed by atoms with Gasteiger partial charge in [-0.1, -0.05) is 26.0 Å². The van der Waals surface area contributed by atoms with Crippen molar-refractivity contribution in [1.82, 2.24) is 29.7 Å². The lowest BCUT2D eigenvalue weighted by Crippen LogP contribution is -2.64. The maximum absolute atomic E-state index is 14.2. The molecular formula is C31H42FN7O2. The molecule has 0 aliphatic carbocycles. The van der Waals surface area contributed by atoms with E-state index in [1.807, 2.05) is 9.42 Å². The average Bonchev–Trinajstić information content (AvgIpc) is 3.50. The van der Waals surface area contributed by atoms with Gasteiger partial charge in [0, 0.05) is 67.7 Å². The summed E-state index contributed by atoms with van der Waals surface area (Å²) in [6.45, 7) is 16.9. The van der Waals surface area contributed by atoms with Gasteiger partial charge in [-0.3, -0.25) is 14.6 Å². The molecule has 0 radical (unpaired) electrons. The maximum atomic E-state index is 14.2. The zero-order valence-corrected chi connectivity index (χ0v) is 24.9. The molecule has 1 aromatic carbocycles. The number of ether oxygens (including phenoxy) is 1. The second kappa shape index (κ2) is 10.7. The van der Waals surface area contributed by atoms with Gasteiger partial charge in [0.05, 0.1) is 31.1 Å². The molecule has 2 saturated heterocycles. The van der Waals surface area contributed by atoms with Gasteiger partial charge in [-0.15, -0.1) is 0 Å². The molecule has 41 heavy (non-hydrogen) atoms. The lowest BCUT2D eigenvalue weighted by Gasteiger charge is -2.47. The molecule has 0 saturated carbocycles. The first kappa shape index (κ1) is 28.2. The Morgan fingerprint density at radius 1 is 1.20 bits per heavy atom. The van der Waals surface area contributed by atoms with E-state index in [0.717, 1.165) is 67.5 Å². The number of pyridine rings is 1. The first-order valence-electron chi connectivity index (χ1n) is 14.7. The fourth-order valence-corrected chi connectivity index (χ4v) is 6.75. The van der Waals surface area contributed by atoms with Gasteiger partial charge in [-0.2, -0.15) is 5.10 Å². The average molecular weight is 564 g/mol. The number of anilines is 1. The van der Waals surface area contributed by atoms with Crippen LogP contribution in [0.3, 0.4) is 0 Å². The molecule has 0 spiro atoms. The number of morpholine rings is 1. The number of halogens is 1. The van der Waals surface area contributed by atoms with Crippen molar-refractivity contribution in [2.24, 2.45) is 0 Å². The molecule has 10 heteroatoms. The van der Waals surface area contributed by atoms with Crippen LogP contribution in [-0.4, -0.2) is 100 Å². The fraction of sp³-hybridized carbons (Fsp3) is 0.581. The Kier molecular flexibility index (Phi) is 7.38. The maximum Gasteiger partial charge on any atom is 0.241 e. The summed E-state index contributed by atoms with van der Waals surface area (Å²) in [5, 5.41) is 8.22. The number of nitrogens with zero attached hydrogens (tertiary/aromatic N) is 6. The van der Waals surface area contributed by atoms with Crippen LogP contribution in [0, 0.1) is 5.82 Å². The molecule has 1 amide bonds. The van der Waals surface area contributed by atoms with Gasteiger partial charge in [0.25, 0.3) is 0 Å². The highest BCUT2D eigenvalue weighted by Gasteiger charge is 2.43. The SMILES string of the molecule is C[C@@H]1CN(CC(=O)N2CC(C)(C)c3c2cc(Cc2ccc(F)cc2)c2ncnn32)[C@@H](CN2CCOCC2(C)C)CN1. The molecule has 5 heterocycles. The van der Waals surface area contributed by atoms with Gasteiger partial charge in [-0.05, 0) is 44.5 Å². The first-order valence-corrected chi connectivity index (χ1v) is 14.7. The standard InChI is InChI=1S/C31H42FN7O2/c1-21-15-36(25(14-33-21)16-37-10-11-41-19-31(37,4)5)17-27(40)38-18-30(2,3)28-26(38)13-23(29-34-20-35-39(28)29)12-22-6-8-24(32)9-7-22/h6-9,13,20-21,25,33H,10-12,14-19H2,1-5H3/t21-,25-/m1/s1. The molecule has 9 nitrogen and oxygen atoms in total. The van der Waals surface area contributed by atoms with Crippen molar-refractivity contribution in [3.63, 3.8) is 0 Å². The van der Waals surface area contributed by atoms with Gasteiger partial charge >= 0.3 is 0 Å². The minimum Gasteiger partial charge on any atom is -0.378 e. The van der Waals surface area contributed by atoms with Crippen molar-refractivity contribution in [2.75, 3.05) is 57.4 Å². The number of carbonyl (C=O) groups excluding carboxylic acids is 1. The minimum absolute atomic E-state index is 0.0288. The van der Waals surface area contributed by atoms with Crippen LogP contribution in [0.5, 0.6) is 0 Å². The summed E-state index contributed by atoms with van der Waals surface area (Å²) in [6.07, 6.45) is 2.15. The van der Waals surface area contributed by atoms with E-state index < -0.39 is 0 Å². The number of aromatic nitrogens is 3. The molecule has 0 bridgehead atoms. The topological polar surface area (TPSA) is 78.2 Å². The van der Waals surface area contributed by atoms with Crippen molar-refractivity contribution in [3.05, 3.63) is 59.3 Å². The number of hydrogen-bond acceptors (Lipinski definition) is 7. The summed E-state index contributed by atoms with van der Waals surface area (Å²) in [5.74, 6) is -0.157. The molecule has 3 aliphatic rings. The van der Waals surface area contributed by atoms with Crippen LogP contribution in [0.4, 0.5) is 10.1 Å². The summed E-state index contributed by atoms with van der Waals surface area (Å²) in [6, 6.07) is 9.19. The minimum atomic E-state index is -0.292. The van der Waals surface area contributed by atoms with Crippen molar-refractivity contribution in [1.29, 1.82) is 0 Å². The molecular weight excluding hydrogens is 521 g/mol. The zero-order valence-electron chi connectivity index (χ0n) is 24.9. The van der Waals surface area contributed by atoms with Crippen molar-refractivity contribution >= 4 is 17.2 Å². The highest BCUT2D eigenvalue weighted by Crippen LogP contribution is 2.42. The molecule has 1 N–H and O–H groups in total. The number of amides is 1. The predicted molar refractivity (Wildman–Crippen MR) is 157 cm³/mol. The molecule has 6 rings (SSSR count). The zero-order chi connectivity index (χ0) is 28.9. The van der Waals surface area contributed by atoms with Gasteiger partial charge in [0.2, 0.25) is 5.91 Å². The monoisotopic (exact) mass is 563 g/mol. The summed E-state index contributed by atoms with van der Waals surface area (Å²) >= 11 is 0. The highest BCUT2D eigenvalue weighted by molar-refractivity contribution is 5.97. The molecule has 2 atom stereocenters. The van der Waals surface area contributed by atoms with Gasteiger partial charge in [0.1, 0.15) is 12.1 Å². The third kappa shape index (κ3) is 5.50. The highest BCUT2D eigenvalue weighted by atomic mass is 19.1. The second-order valence-corrected chi connectivity index (χ2v) is 13.3. The Morgan fingerprint density at radius 3 is 2.73 bits per heavy atom. The van der Waals surface area contributed by atoms with Crippen LogP contribution in [0.25, 0.3) is 5.65 Å². The Morgan fingerprint density at radius 2 is 1.98 bits per heavy atom. The van der Waals surface area contributed by atoms with E-state index in [1.54, 1.807) is 18.5 Å². The number of nitrogens with one attached hydrogen (secondary N) is 1. The van der Waals surface area contributed by atoms with E-state index in [-0.39, 0.29) is 28.7 Å². The Bertz CT molecular complexity index is 1420. The second-order valence-electron chi connectivity index (χ2n) is 13.3.